The van der Waals surface area contributed by atoms with Crippen LogP contribution in [0.2, 0.25) is 0 Å². The van der Waals surface area contributed by atoms with Gasteiger partial charge in [0.2, 0.25) is 0 Å². The maximum atomic E-state index is 12.5. The quantitative estimate of drug-likeness (QED) is 0.501. The summed E-state index contributed by atoms with van der Waals surface area (Å²) in [5, 5.41) is 0. The molecule has 0 aliphatic carbocycles. The van der Waals surface area contributed by atoms with Crippen LogP contribution in [0.15, 0.2) is 23.1 Å². The molecule has 10 heteroatoms. The summed E-state index contributed by atoms with van der Waals surface area (Å²) < 4.78 is 35.7. The zero-order chi connectivity index (χ0) is 19.3. The SMILES string of the molecule is COc1ccc(C(=O)OCC(=O)N2CCCC2)cc1S(=O)(=O)N(C)OC. The van der Waals surface area contributed by atoms with Crippen LogP contribution in [0.1, 0.15) is 23.2 Å². The van der Waals surface area contributed by atoms with Crippen molar-refractivity contribution in [2.75, 3.05) is 41.0 Å². The van der Waals surface area contributed by atoms with E-state index in [9.17, 15) is 18.0 Å². The average Bonchev–Trinajstić information content (AvgIpc) is 3.19. The third kappa shape index (κ3) is 4.32. The van der Waals surface area contributed by atoms with Crippen molar-refractivity contribution in [3.63, 3.8) is 0 Å². The predicted octanol–water partition coefficient (Wildman–Crippen LogP) is 0.656. The molecule has 0 bridgehead atoms. The van der Waals surface area contributed by atoms with E-state index in [2.05, 4.69) is 0 Å². The van der Waals surface area contributed by atoms with E-state index in [0.717, 1.165) is 18.9 Å². The number of carbonyl (C=O) groups is 2. The number of methoxy groups -OCH3 is 1. The molecule has 1 amide bonds. The lowest BCUT2D eigenvalue weighted by atomic mass is 10.2. The molecule has 1 heterocycles. The Bertz CT molecular complexity index is 773. The minimum atomic E-state index is -4.03. The number of hydrogen-bond acceptors (Lipinski definition) is 7. The van der Waals surface area contributed by atoms with Gasteiger partial charge in [-0.3, -0.25) is 9.63 Å². The van der Waals surface area contributed by atoms with Crippen LogP contribution in [0.5, 0.6) is 5.75 Å². The number of sulfonamides is 1. The van der Waals surface area contributed by atoms with Crippen molar-refractivity contribution in [3.8, 4) is 5.75 Å². The van der Waals surface area contributed by atoms with Crippen molar-refractivity contribution >= 4 is 21.9 Å². The molecule has 0 unspecified atom stereocenters. The Morgan fingerprint density at radius 2 is 1.85 bits per heavy atom. The molecule has 1 aromatic carbocycles. The van der Waals surface area contributed by atoms with Gasteiger partial charge in [0.15, 0.2) is 6.61 Å². The fraction of sp³-hybridized carbons (Fsp3) is 0.500. The summed E-state index contributed by atoms with van der Waals surface area (Å²) in [7, 11) is -0.298. The van der Waals surface area contributed by atoms with E-state index < -0.39 is 16.0 Å². The van der Waals surface area contributed by atoms with Gasteiger partial charge in [0.1, 0.15) is 10.6 Å². The minimum Gasteiger partial charge on any atom is -0.495 e. The molecule has 1 fully saturated rings. The Morgan fingerprint density at radius 1 is 1.19 bits per heavy atom. The molecule has 0 radical (unpaired) electrons. The molecule has 1 aromatic rings. The molecule has 0 N–H and O–H groups in total. The van der Waals surface area contributed by atoms with Gasteiger partial charge >= 0.3 is 5.97 Å². The van der Waals surface area contributed by atoms with Gasteiger partial charge in [0, 0.05) is 20.1 Å². The van der Waals surface area contributed by atoms with Gasteiger partial charge in [-0.25, -0.2) is 13.2 Å². The van der Waals surface area contributed by atoms with Gasteiger partial charge < -0.3 is 14.4 Å². The Labute approximate surface area is 152 Å². The van der Waals surface area contributed by atoms with Crippen LogP contribution in [0, 0.1) is 0 Å². The van der Waals surface area contributed by atoms with Gasteiger partial charge in [-0.15, -0.1) is 0 Å². The van der Waals surface area contributed by atoms with E-state index in [1.165, 1.54) is 33.4 Å². The third-order valence-corrected chi connectivity index (χ3v) is 5.76. The smallest absolute Gasteiger partial charge is 0.338 e. The van der Waals surface area contributed by atoms with Gasteiger partial charge in [-0.05, 0) is 31.0 Å². The number of hydrogen-bond donors (Lipinski definition) is 0. The van der Waals surface area contributed by atoms with Crippen molar-refractivity contribution in [1.29, 1.82) is 0 Å². The molecule has 1 aliphatic rings. The number of hydroxylamine groups is 1. The van der Waals surface area contributed by atoms with Crippen molar-refractivity contribution in [2.24, 2.45) is 0 Å². The topological polar surface area (TPSA) is 102 Å². The first kappa shape index (κ1) is 20.1. The fourth-order valence-corrected chi connectivity index (χ4v) is 3.67. The number of amides is 1. The fourth-order valence-electron chi connectivity index (χ4n) is 2.51. The van der Waals surface area contributed by atoms with Crippen molar-refractivity contribution in [2.45, 2.75) is 17.7 Å². The predicted molar refractivity (Wildman–Crippen MR) is 91.0 cm³/mol. The molecular weight excluding hydrogens is 364 g/mol. The maximum Gasteiger partial charge on any atom is 0.338 e. The summed E-state index contributed by atoms with van der Waals surface area (Å²) in [5.41, 5.74) is -0.0110. The van der Waals surface area contributed by atoms with E-state index in [4.69, 9.17) is 14.3 Å². The number of ether oxygens (including phenoxy) is 2. The number of esters is 1. The first-order valence-electron chi connectivity index (χ1n) is 7.97. The van der Waals surface area contributed by atoms with E-state index in [0.29, 0.717) is 17.6 Å². The molecule has 0 aromatic heterocycles. The van der Waals surface area contributed by atoms with Crippen molar-refractivity contribution in [1.82, 2.24) is 9.37 Å². The van der Waals surface area contributed by atoms with Crippen molar-refractivity contribution in [3.05, 3.63) is 23.8 Å². The average molecular weight is 386 g/mol. The second kappa shape index (κ2) is 8.47. The van der Waals surface area contributed by atoms with E-state index in [1.807, 2.05) is 0 Å². The van der Waals surface area contributed by atoms with Crippen molar-refractivity contribution < 1.29 is 32.3 Å². The molecule has 144 valence electrons. The van der Waals surface area contributed by atoms with E-state index in [-0.39, 0.29) is 28.7 Å². The molecule has 1 aliphatic heterocycles. The molecule has 1 saturated heterocycles. The number of rotatable bonds is 7. The number of benzene rings is 1. The molecule has 0 saturated carbocycles. The highest BCUT2D eigenvalue weighted by Crippen LogP contribution is 2.27. The summed E-state index contributed by atoms with van der Waals surface area (Å²) in [6.07, 6.45) is 1.87. The van der Waals surface area contributed by atoms with Gasteiger partial charge in [0.25, 0.3) is 15.9 Å². The molecular formula is C16H22N2O7S. The minimum absolute atomic E-state index is 0.0110. The largest absolute Gasteiger partial charge is 0.495 e. The van der Waals surface area contributed by atoms with Crippen LogP contribution >= 0.6 is 0 Å². The Kier molecular flexibility index (Phi) is 6.57. The normalized spacial score (nSPS) is 14.5. The molecule has 2 rings (SSSR count). The number of nitrogens with zero attached hydrogens (tertiary/aromatic N) is 2. The molecule has 0 spiro atoms. The van der Waals surface area contributed by atoms with Gasteiger partial charge in [-0.2, -0.15) is 0 Å². The summed E-state index contributed by atoms with van der Waals surface area (Å²) in [5.74, 6) is -1.01. The molecule has 0 atom stereocenters. The lowest BCUT2D eigenvalue weighted by molar-refractivity contribution is -0.133. The van der Waals surface area contributed by atoms with Crippen LogP contribution in [0.25, 0.3) is 0 Å². The standard InChI is InChI=1S/C16H22N2O7S/c1-17(24-3)26(21,22)14-10-12(6-7-13(14)23-2)16(20)25-11-15(19)18-8-4-5-9-18/h6-7,10H,4-5,8-9,11H2,1-3H3. The van der Waals surface area contributed by atoms with Gasteiger partial charge in [0.05, 0.1) is 19.8 Å². The summed E-state index contributed by atoms with van der Waals surface area (Å²) in [4.78, 5) is 30.3. The Hall–Kier alpha value is -2.17. The Balaban J connectivity index is 2.17. The highest BCUT2D eigenvalue weighted by atomic mass is 32.2. The summed E-state index contributed by atoms with van der Waals surface area (Å²) in [6, 6.07) is 3.84. The highest BCUT2D eigenvalue weighted by molar-refractivity contribution is 7.89. The lowest BCUT2D eigenvalue weighted by Gasteiger charge is -2.17. The lowest BCUT2D eigenvalue weighted by Crippen LogP contribution is -2.32. The zero-order valence-corrected chi connectivity index (χ0v) is 15.7. The van der Waals surface area contributed by atoms with Crippen LogP contribution in [0.3, 0.4) is 0 Å². The second-order valence-electron chi connectivity index (χ2n) is 5.63. The maximum absolute atomic E-state index is 12.5. The monoisotopic (exact) mass is 386 g/mol. The van der Waals surface area contributed by atoms with Gasteiger partial charge in [-0.1, -0.05) is 4.47 Å². The second-order valence-corrected chi connectivity index (χ2v) is 7.53. The molecule has 9 nitrogen and oxygen atoms in total. The van der Waals surface area contributed by atoms with Crippen LogP contribution in [0.4, 0.5) is 0 Å². The van der Waals surface area contributed by atoms with E-state index in [1.54, 1.807) is 4.90 Å². The van der Waals surface area contributed by atoms with E-state index >= 15 is 0 Å². The molecule has 26 heavy (non-hydrogen) atoms. The Morgan fingerprint density at radius 3 is 2.42 bits per heavy atom. The summed E-state index contributed by atoms with van der Waals surface area (Å²) in [6.45, 7) is 0.931. The first-order valence-corrected chi connectivity index (χ1v) is 9.41. The van der Waals surface area contributed by atoms with Crippen LogP contribution < -0.4 is 4.74 Å². The summed E-state index contributed by atoms with van der Waals surface area (Å²) >= 11 is 0. The highest BCUT2D eigenvalue weighted by Gasteiger charge is 2.27. The third-order valence-electron chi connectivity index (χ3n) is 4.06. The number of likely N-dealkylation sites (tertiary alicyclic amines) is 1. The first-order chi connectivity index (χ1) is 12.3. The van der Waals surface area contributed by atoms with Crippen LogP contribution in [-0.4, -0.2) is 70.6 Å². The zero-order valence-electron chi connectivity index (χ0n) is 14.9. The van der Waals surface area contributed by atoms with Crippen LogP contribution in [-0.2, 0) is 24.4 Å². The number of carbonyl (C=O) groups excluding carboxylic acids is 2.